The molecule has 23 heavy (non-hydrogen) atoms. The summed E-state index contributed by atoms with van der Waals surface area (Å²) in [7, 11) is 3.16. The van der Waals surface area contributed by atoms with Crippen molar-refractivity contribution < 1.29 is 19.0 Å². The molecule has 4 nitrogen and oxygen atoms in total. The lowest BCUT2D eigenvalue weighted by molar-refractivity contribution is -0.134. The van der Waals surface area contributed by atoms with Crippen LogP contribution in [0.4, 0.5) is 0 Å². The van der Waals surface area contributed by atoms with Gasteiger partial charge in [0.15, 0.2) is 11.5 Å². The second-order valence-corrected chi connectivity index (χ2v) is 6.50. The Hall–Kier alpha value is -1.53. The molecule has 0 spiro atoms. The smallest absolute Gasteiger partial charge is 0.311 e. The van der Waals surface area contributed by atoms with Gasteiger partial charge in [-0.05, 0) is 48.4 Å². The van der Waals surface area contributed by atoms with Crippen LogP contribution in [0.2, 0.25) is 0 Å². The summed E-state index contributed by atoms with van der Waals surface area (Å²) in [6.45, 7) is 0. The van der Waals surface area contributed by atoms with Gasteiger partial charge < -0.3 is 14.2 Å². The molecule has 0 aliphatic rings. The number of halogens is 2. The summed E-state index contributed by atoms with van der Waals surface area (Å²) in [6.07, 6.45) is 0.806. The van der Waals surface area contributed by atoms with Gasteiger partial charge in [-0.1, -0.05) is 31.9 Å². The van der Waals surface area contributed by atoms with Crippen molar-refractivity contribution in [3.8, 4) is 17.2 Å². The van der Waals surface area contributed by atoms with Crippen LogP contribution >= 0.6 is 31.9 Å². The van der Waals surface area contributed by atoms with Crippen LogP contribution in [0.1, 0.15) is 12.0 Å². The van der Waals surface area contributed by atoms with Crippen molar-refractivity contribution in [2.75, 3.05) is 14.2 Å². The molecule has 2 rings (SSSR count). The van der Waals surface area contributed by atoms with Gasteiger partial charge in [-0.3, -0.25) is 4.79 Å². The first-order chi connectivity index (χ1) is 11.0. The molecule has 2 aromatic rings. The molecule has 0 bridgehead atoms. The maximum absolute atomic E-state index is 12.0. The van der Waals surface area contributed by atoms with Crippen LogP contribution in [-0.4, -0.2) is 20.2 Å². The number of rotatable bonds is 6. The second kappa shape index (κ2) is 8.36. The average Bonchev–Trinajstić information content (AvgIpc) is 2.55. The van der Waals surface area contributed by atoms with E-state index >= 15 is 0 Å². The largest absolute Gasteiger partial charge is 0.493 e. The van der Waals surface area contributed by atoms with Crippen molar-refractivity contribution >= 4 is 37.8 Å². The van der Waals surface area contributed by atoms with Crippen LogP contribution < -0.4 is 14.2 Å². The predicted octanol–water partition coefficient (Wildman–Crippen LogP) is 4.77. The number of carbonyl (C=O) groups is 1. The molecule has 0 saturated heterocycles. The minimum absolute atomic E-state index is 0.268. The fourth-order valence-corrected chi connectivity index (χ4v) is 2.79. The van der Waals surface area contributed by atoms with E-state index in [-0.39, 0.29) is 12.4 Å². The van der Waals surface area contributed by atoms with Crippen LogP contribution in [0.3, 0.4) is 0 Å². The number of carbonyl (C=O) groups excluding carboxylic acids is 1. The van der Waals surface area contributed by atoms with E-state index in [1.54, 1.807) is 26.4 Å². The number of hydrogen-bond donors (Lipinski definition) is 0. The number of methoxy groups -OCH3 is 2. The number of benzene rings is 2. The first kappa shape index (κ1) is 17.8. The Bertz CT molecular complexity index is 684. The van der Waals surface area contributed by atoms with Crippen LogP contribution in [0.15, 0.2) is 45.3 Å². The maximum atomic E-state index is 12.0. The molecule has 0 heterocycles. The highest BCUT2D eigenvalue weighted by molar-refractivity contribution is 9.10. The van der Waals surface area contributed by atoms with E-state index in [4.69, 9.17) is 14.2 Å². The van der Waals surface area contributed by atoms with E-state index in [9.17, 15) is 4.79 Å². The standard InChI is InChI=1S/C17H16Br2O4/c1-21-15-9-11(14(19)10-16(15)22-2)3-8-17(20)23-13-6-4-12(18)5-7-13/h4-7,9-10H,3,8H2,1-2H3. The zero-order valence-corrected chi connectivity index (χ0v) is 15.9. The highest BCUT2D eigenvalue weighted by Gasteiger charge is 2.12. The quantitative estimate of drug-likeness (QED) is 0.476. The molecule has 0 aromatic heterocycles. The summed E-state index contributed by atoms with van der Waals surface area (Å²) in [6, 6.07) is 10.8. The molecule has 0 aliphatic carbocycles. The number of hydrogen-bond acceptors (Lipinski definition) is 4. The van der Waals surface area contributed by atoms with Crippen molar-refractivity contribution in [2.45, 2.75) is 12.8 Å². The molecule has 0 atom stereocenters. The summed E-state index contributed by atoms with van der Waals surface area (Å²) in [4.78, 5) is 12.0. The third-order valence-corrected chi connectivity index (χ3v) is 4.46. The molecule has 0 fully saturated rings. The molecular weight excluding hydrogens is 428 g/mol. The topological polar surface area (TPSA) is 44.8 Å². The first-order valence-corrected chi connectivity index (χ1v) is 8.48. The van der Waals surface area contributed by atoms with E-state index in [2.05, 4.69) is 31.9 Å². The molecular formula is C17H16Br2O4. The van der Waals surface area contributed by atoms with E-state index in [0.717, 1.165) is 14.5 Å². The fraction of sp³-hybridized carbons (Fsp3) is 0.235. The normalized spacial score (nSPS) is 10.3. The molecule has 0 saturated carbocycles. The lowest BCUT2D eigenvalue weighted by Crippen LogP contribution is -2.09. The number of aryl methyl sites for hydroxylation is 1. The second-order valence-electron chi connectivity index (χ2n) is 4.73. The van der Waals surface area contributed by atoms with Gasteiger partial charge in [-0.25, -0.2) is 0 Å². The van der Waals surface area contributed by atoms with Crippen molar-refractivity contribution in [3.63, 3.8) is 0 Å². The average molecular weight is 444 g/mol. The summed E-state index contributed by atoms with van der Waals surface area (Å²) < 4.78 is 17.6. The molecule has 0 radical (unpaired) electrons. The van der Waals surface area contributed by atoms with Crippen molar-refractivity contribution in [1.29, 1.82) is 0 Å². The molecule has 0 unspecified atom stereocenters. The van der Waals surface area contributed by atoms with E-state index in [1.807, 2.05) is 24.3 Å². The molecule has 122 valence electrons. The number of esters is 1. The lowest BCUT2D eigenvalue weighted by atomic mass is 10.1. The Morgan fingerprint density at radius 3 is 2.22 bits per heavy atom. The molecule has 2 aromatic carbocycles. The Balaban J connectivity index is 1.99. The van der Waals surface area contributed by atoms with Gasteiger partial charge in [0.1, 0.15) is 5.75 Å². The molecule has 6 heteroatoms. The monoisotopic (exact) mass is 442 g/mol. The van der Waals surface area contributed by atoms with Crippen molar-refractivity contribution in [1.82, 2.24) is 0 Å². The van der Waals surface area contributed by atoms with E-state index < -0.39 is 0 Å². The highest BCUT2D eigenvalue weighted by atomic mass is 79.9. The zero-order valence-electron chi connectivity index (χ0n) is 12.8. The van der Waals surface area contributed by atoms with Gasteiger partial charge in [0.2, 0.25) is 0 Å². The minimum atomic E-state index is -0.283. The fourth-order valence-electron chi connectivity index (χ4n) is 2.01. The third-order valence-electron chi connectivity index (χ3n) is 3.20. The van der Waals surface area contributed by atoms with Gasteiger partial charge in [0.05, 0.1) is 20.6 Å². The molecule has 0 N–H and O–H groups in total. The van der Waals surface area contributed by atoms with Gasteiger partial charge in [0, 0.05) is 8.95 Å². The molecule has 0 amide bonds. The van der Waals surface area contributed by atoms with E-state index in [1.165, 1.54) is 0 Å². The minimum Gasteiger partial charge on any atom is -0.493 e. The van der Waals surface area contributed by atoms with Gasteiger partial charge in [0.25, 0.3) is 0 Å². The van der Waals surface area contributed by atoms with Crippen molar-refractivity contribution in [2.24, 2.45) is 0 Å². The Morgan fingerprint density at radius 2 is 1.61 bits per heavy atom. The number of ether oxygens (including phenoxy) is 3. The Labute approximate surface area is 152 Å². The maximum Gasteiger partial charge on any atom is 0.311 e. The lowest BCUT2D eigenvalue weighted by Gasteiger charge is -2.11. The van der Waals surface area contributed by atoms with Crippen LogP contribution in [-0.2, 0) is 11.2 Å². The van der Waals surface area contributed by atoms with Gasteiger partial charge >= 0.3 is 5.97 Å². The van der Waals surface area contributed by atoms with Gasteiger partial charge in [-0.15, -0.1) is 0 Å². The van der Waals surface area contributed by atoms with E-state index in [0.29, 0.717) is 23.7 Å². The summed E-state index contributed by atoms with van der Waals surface area (Å²) in [5.74, 6) is 1.52. The summed E-state index contributed by atoms with van der Waals surface area (Å²) >= 11 is 6.82. The Kier molecular flexibility index (Phi) is 6.47. The Morgan fingerprint density at radius 1 is 1.00 bits per heavy atom. The third kappa shape index (κ3) is 4.97. The zero-order chi connectivity index (χ0) is 16.8. The van der Waals surface area contributed by atoms with Crippen LogP contribution in [0, 0.1) is 0 Å². The van der Waals surface area contributed by atoms with Gasteiger partial charge in [-0.2, -0.15) is 0 Å². The first-order valence-electron chi connectivity index (χ1n) is 6.90. The summed E-state index contributed by atoms with van der Waals surface area (Å²) in [5.41, 5.74) is 0.954. The highest BCUT2D eigenvalue weighted by Crippen LogP contribution is 2.33. The summed E-state index contributed by atoms with van der Waals surface area (Å²) in [5, 5.41) is 0. The SMILES string of the molecule is COc1cc(Br)c(CCC(=O)Oc2ccc(Br)cc2)cc1OC. The molecule has 0 aliphatic heterocycles. The predicted molar refractivity (Wildman–Crippen MR) is 95.3 cm³/mol. The van der Waals surface area contributed by atoms with Crippen molar-refractivity contribution in [3.05, 3.63) is 50.9 Å². The van der Waals surface area contributed by atoms with Crippen LogP contribution in [0.25, 0.3) is 0 Å². The van der Waals surface area contributed by atoms with Crippen LogP contribution in [0.5, 0.6) is 17.2 Å².